The van der Waals surface area contributed by atoms with Gasteiger partial charge >= 0.3 is 0 Å². The predicted octanol–water partition coefficient (Wildman–Crippen LogP) is 5.00. The number of benzene rings is 1. The lowest BCUT2D eigenvalue weighted by Crippen LogP contribution is -2.29. The first-order valence-electron chi connectivity index (χ1n) is 9.50. The number of halogens is 1. The summed E-state index contributed by atoms with van der Waals surface area (Å²) in [4.78, 5) is 20.0. The number of hydrogen-bond acceptors (Lipinski definition) is 6. The first-order valence-corrected chi connectivity index (χ1v) is 10.4. The molecule has 0 saturated heterocycles. The minimum absolute atomic E-state index is 0.0408. The smallest absolute Gasteiger partial charge is 0.227 e. The lowest BCUT2D eigenvalue weighted by Gasteiger charge is -2.20. The molecule has 0 unspecified atom stereocenters. The molecule has 0 atom stereocenters. The van der Waals surface area contributed by atoms with Crippen molar-refractivity contribution in [3.05, 3.63) is 82.0 Å². The van der Waals surface area contributed by atoms with Gasteiger partial charge in [0.2, 0.25) is 17.6 Å². The van der Waals surface area contributed by atoms with E-state index in [1.54, 1.807) is 47.6 Å². The number of aromatic nitrogens is 2. The van der Waals surface area contributed by atoms with Crippen LogP contribution < -0.4 is 0 Å². The van der Waals surface area contributed by atoms with E-state index in [1.165, 1.54) is 6.07 Å². The van der Waals surface area contributed by atoms with E-state index < -0.39 is 0 Å². The molecule has 3 heterocycles. The molecular formula is C22H20FN3O3S. The van der Waals surface area contributed by atoms with Crippen LogP contribution in [-0.2, 0) is 24.3 Å². The monoisotopic (exact) mass is 425 g/mol. The third-order valence-electron chi connectivity index (χ3n) is 4.66. The van der Waals surface area contributed by atoms with Crippen molar-refractivity contribution in [2.24, 2.45) is 0 Å². The third-order valence-corrected chi connectivity index (χ3v) is 5.52. The van der Waals surface area contributed by atoms with Gasteiger partial charge in [0.15, 0.2) is 0 Å². The summed E-state index contributed by atoms with van der Waals surface area (Å²) in [5.74, 6) is 1.01. The summed E-state index contributed by atoms with van der Waals surface area (Å²) >= 11 is 1.60. The van der Waals surface area contributed by atoms with Crippen molar-refractivity contribution in [3.8, 4) is 11.4 Å². The standard InChI is InChI=1S/C22H20FN3O3S/c1-15-6-7-16(12-19(15)23)22-24-20(29-25-22)8-9-21(27)26(13-17-4-2-10-28-17)14-18-5-3-11-30-18/h2-7,10-12H,8-9,13-14H2,1H3. The van der Waals surface area contributed by atoms with Gasteiger partial charge in [0.1, 0.15) is 11.6 Å². The van der Waals surface area contributed by atoms with Gasteiger partial charge in [0, 0.05) is 23.3 Å². The van der Waals surface area contributed by atoms with Crippen LogP contribution in [0.5, 0.6) is 0 Å². The molecule has 0 saturated carbocycles. The zero-order valence-corrected chi connectivity index (χ0v) is 17.2. The van der Waals surface area contributed by atoms with Crippen molar-refractivity contribution in [1.82, 2.24) is 15.0 Å². The summed E-state index contributed by atoms with van der Waals surface area (Å²) in [7, 11) is 0. The number of carbonyl (C=O) groups excluding carboxylic acids is 1. The number of rotatable bonds is 8. The van der Waals surface area contributed by atoms with E-state index in [2.05, 4.69) is 10.1 Å². The average Bonchev–Trinajstić information content (AvgIpc) is 3.51. The van der Waals surface area contributed by atoms with Crippen molar-refractivity contribution in [2.45, 2.75) is 32.9 Å². The molecule has 4 rings (SSSR count). The Bertz CT molecular complexity index is 1070. The van der Waals surface area contributed by atoms with E-state index in [-0.39, 0.29) is 18.1 Å². The van der Waals surface area contributed by atoms with Crippen LogP contribution in [0.3, 0.4) is 0 Å². The van der Waals surface area contributed by atoms with Gasteiger partial charge in [0.25, 0.3) is 0 Å². The molecule has 0 aliphatic heterocycles. The Balaban J connectivity index is 1.41. The number of furan rings is 1. The summed E-state index contributed by atoms with van der Waals surface area (Å²) in [5.41, 5.74) is 1.09. The number of hydrogen-bond donors (Lipinski definition) is 0. The van der Waals surface area contributed by atoms with Crippen LogP contribution in [0.25, 0.3) is 11.4 Å². The number of carbonyl (C=O) groups is 1. The van der Waals surface area contributed by atoms with E-state index in [9.17, 15) is 9.18 Å². The highest BCUT2D eigenvalue weighted by Crippen LogP contribution is 2.20. The Morgan fingerprint density at radius 2 is 2.10 bits per heavy atom. The molecule has 0 radical (unpaired) electrons. The molecule has 0 fully saturated rings. The summed E-state index contributed by atoms with van der Waals surface area (Å²) in [6, 6.07) is 12.4. The second kappa shape index (κ2) is 9.04. The van der Waals surface area contributed by atoms with Crippen molar-refractivity contribution >= 4 is 17.2 Å². The third kappa shape index (κ3) is 4.83. The first-order chi connectivity index (χ1) is 14.6. The molecule has 30 heavy (non-hydrogen) atoms. The molecule has 1 aromatic carbocycles. The first kappa shape index (κ1) is 20.0. The number of aryl methyl sites for hydroxylation is 2. The normalized spacial score (nSPS) is 11.0. The summed E-state index contributed by atoms with van der Waals surface area (Å²) < 4.78 is 24.4. The minimum atomic E-state index is -0.323. The quantitative estimate of drug-likeness (QED) is 0.397. The van der Waals surface area contributed by atoms with E-state index in [4.69, 9.17) is 8.94 Å². The van der Waals surface area contributed by atoms with Crippen LogP contribution in [0.15, 0.2) is 63.0 Å². The molecule has 6 nitrogen and oxygen atoms in total. The maximum atomic E-state index is 13.8. The lowest BCUT2D eigenvalue weighted by molar-refractivity contribution is -0.132. The minimum Gasteiger partial charge on any atom is -0.467 e. The molecule has 1 amide bonds. The van der Waals surface area contributed by atoms with Crippen LogP contribution in [0.1, 0.15) is 28.5 Å². The van der Waals surface area contributed by atoms with Gasteiger partial charge in [0.05, 0.1) is 19.4 Å². The molecule has 0 N–H and O–H groups in total. The fraction of sp³-hybridized carbons (Fsp3) is 0.227. The molecular weight excluding hydrogens is 405 g/mol. The highest BCUT2D eigenvalue weighted by atomic mass is 32.1. The fourth-order valence-electron chi connectivity index (χ4n) is 2.99. The van der Waals surface area contributed by atoms with Gasteiger partial charge in [-0.1, -0.05) is 23.4 Å². The molecule has 0 aliphatic carbocycles. The molecule has 4 aromatic rings. The van der Waals surface area contributed by atoms with Crippen LogP contribution >= 0.6 is 11.3 Å². The maximum Gasteiger partial charge on any atom is 0.227 e. The second-order valence-electron chi connectivity index (χ2n) is 6.88. The number of thiophene rings is 1. The van der Waals surface area contributed by atoms with Crippen LogP contribution in [0.4, 0.5) is 4.39 Å². The topological polar surface area (TPSA) is 72.4 Å². The predicted molar refractivity (Wildman–Crippen MR) is 110 cm³/mol. The highest BCUT2D eigenvalue weighted by molar-refractivity contribution is 7.09. The van der Waals surface area contributed by atoms with Crippen molar-refractivity contribution < 1.29 is 18.1 Å². The van der Waals surface area contributed by atoms with E-state index in [0.717, 1.165) is 10.6 Å². The Labute approximate surface area is 176 Å². The summed E-state index contributed by atoms with van der Waals surface area (Å²) in [6.45, 7) is 2.59. The molecule has 0 spiro atoms. The fourth-order valence-corrected chi connectivity index (χ4v) is 3.71. The van der Waals surface area contributed by atoms with Crippen LogP contribution in [0.2, 0.25) is 0 Å². The second-order valence-corrected chi connectivity index (χ2v) is 7.92. The summed E-state index contributed by atoms with van der Waals surface area (Å²) in [5, 5.41) is 5.90. The Hall–Kier alpha value is -3.26. The average molecular weight is 425 g/mol. The zero-order valence-electron chi connectivity index (χ0n) is 16.4. The molecule has 0 bridgehead atoms. The van der Waals surface area contributed by atoms with Gasteiger partial charge in [-0.3, -0.25) is 4.79 Å². The number of nitrogens with zero attached hydrogens (tertiary/aromatic N) is 3. The Kier molecular flexibility index (Phi) is 6.04. The zero-order chi connectivity index (χ0) is 20.9. The Morgan fingerprint density at radius 3 is 2.83 bits per heavy atom. The molecule has 0 aliphatic rings. The van der Waals surface area contributed by atoms with Crippen molar-refractivity contribution in [1.29, 1.82) is 0 Å². The molecule has 154 valence electrons. The maximum absolute atomic E-state index is 13.8. The lowest BCUT2D eigenvalue weighted by atomic mass is 10.1. The summed E-state index contributed by atoms with van der Waals surface area (Å²) in [6.07, 6.45) is 2.12. The van der Waals surface area contributed by atoms with E-state index >= 15 is 0 Å². The highest BCUT2D eigenvalue weighted by Gasteiger charge is 2.18. The van der Waals surface area contributed by atoms with Gasteiger partial charge < -0.3 is 13.8 Å². The molecule has 3 aromatic heterocycles. The van der Waals surface area contributed by atoms with Crippen molar-refractivity contribution in [2.75, 3.05) is 0 Å². The van der Waals surface area contributed by atoms with Crippen LogP contribution in [0, 0.1) is 12.7 Å². The van der Waals surface area contributed by atoms with Crippen molar-refractivity contribution in [3.63, 3.8) is 0 Å². The SMILES string of the molecule is Cc1ccc(-c2noc(CCC(=O)N(Cc3ccco3)Cc3cccs3)n2)cc1F. The Morgan fingerprint density at radius 1 is 1.20 bits per heavy atom. The van der Waals surface area contributed by atoms with Gasteiger partial charge in [-0.05, 0) is 42.1 Å². The van der Waals surface area contributed by atoms with E-state index in [0.29, 0.717) is 42.4 Å². The van der Waals surface area contributed by atoms with Crippen LogP contribution in [-0.4, -0.2) is 20.9 Å². The number of amides is 1. The van der Waals surface area contributed by atoms with E-state index in [1.807, 2.05) is 23.6 Å². The van der Waals surface area contributed by atoms with Gasteiger partial charge in [-0.2, -0.15) is 4.98 Å². The van der Waals surface area contributed by atoms with Gasteiger partial charge in [-0.15, -0.1) is 11.3 Å². The molecule has 8 heteroatoms. The van der Waals surface area contributed by atoms with Gasteiger partial charge in [-0.25, -0.2) is 4.39 Å². The largest absolute Gasteiger partial charge is 0.467 e.